The molecule has 0 radical (unpaired) electrons. The molecular weight excluding hydrogens is 426 g/mol. The molecule has 1 aromatic heterocycles. The summed E-state index contributed by atoms with van der Waals surface area (Å²) in [4.78, 5) is 13.4. The summed E-state index contributed by atoms with van der Waals surface area (Å²) in [5, 5.41) is 16.2. The van der Waals surface area contributed by atoms with Crippen molar-refractivity contribution in [1.82, 2.24) is 4.57 Å². The molecule has 4 rings (SSSR count). The van der Waals surface area contributed by atoms with Crippen LogP contribution in [0.2, 0.25) is 0 Å². The fourth-order valence-corrected chi connectivity index (χ4v) is 4.12. The van der Waals surface area contributed by atoms with E-state index in [1.807, 2.05) is 44.2 Å². The van der Waals surface area contributed by atoms with Gasteiger partial charge >= 0.3 is 0 Å². The number of amidine groups is 2. The van der Waals surface area contributed by atoms with E-state index in [4.69, 9.17) is 27.0 Å². The normalized spacial score (nSPS) is 10.9. The molecule has 6 N–H and O–H groups in total. The minimum Gasteiger partial charge on any atom is -0.457 e. The highest BCUT2D eigenvalue weighted by Gasteiger charge is 2.15. The fraction of sp³-hybridized carbons (Fsp3) is 0.148. The van der Waals surface area contributed by atoms with Crippen LogP contribution in [-0.4, -0.2) is 16.2 Å². The predicted octanol–water partition coefficient (Wildman–Crippen LogP) is 4.28. The maximum Gasteiger partial charge on any atom is 0.254 e. The molecule has 172 valence electrons. The number of nitrogen functional groups attached to an aromatic ring is 2. The first-order valence-electron chi connectivity index (χ1n) is 11.0. The van der Waals surface area contributed by atoms with Gasteiger partial charge in [0.05, 0.1) is 12.1 Å². The second-order valence-electron chi connectivity index (χ2n) is 8.18. The second kappa shape index (κ2) is 9.23. The molecule has 4 aromatic rings. The Labute approximate surface area is 197 Å². The van der Waals surface area contributed by atoms with E-state index in [2.05, 4.69) is 0 Å². The molecule has 0 aliphatic heterocycles. The van der Waals surface area contributed by atoms with Crippen molar-refractivity contribution >= 4 is 22.6 Å². The van der Waals surface area contributed by atoms with Crippen LogP contribution in [-0.2, 0) is 13.0 Å². The van der Waals surface area contributed by atoms with Gasteiger partial charge in [-0.15, -0.1) is 0 Å². The quantitative estimate of drug-likeness (QED) is 0.246. The SMILES string of the molecule is CCc1c(C)c2ccc(Oc3cccc(C(=N)N)c3)cc2n(Cc2ccc(C(=N)N)cc2)c1=O. The summed E-state index contributed by atoms with van der Waals surface area (Å²) in [6, 6.07) is 20.1. The number of rotatable bonds is 7. The number of benzene rings is 3. The molecule has 0 aliphatic rings. The van der Waals surface area contributed by atoms with Crippen LogP contribution < -0.4 is 21.8 Å². The Morgan fingerprint density at radius 2 is 1.59 bits per heavy atom. The molecule has 1 heterocycles. The zero-order valence-electron chi connectivity index (χ0n) is 19.2. The maximum atomic E-state index is 13.4. The second-order valence-corrected chi connectivity index (χ2v) is 8.18. The van der Waals surface area contributed by atoms with Gasteiger partial charge in [0.1, 0.15) is 23.2 Å². The lowest BCUT2D eigenvalue weighted by atomic mass is 10.0. The molecule has 7 nitrogen and oxygen atoms in total. The Morgan fingerprint density at radius 1 is 0.912 bits per heavy atom. The van der Waals surface area contributed by atoms with Crippen molar-refractivity contribution in [2.45, 2.75) is 26.8 Å². The molecule has 0 bridgehead atoms. The number of nitrogens with one attached hydrogen (secondary N) is 2. The Balaban J connectivity index is 1.81. The van der Waals surface area contributed by atoms with Gasteiger partial charge in [0.25, 0.3) is 5.56 Å². The fourth-order valence-electron chi connectivity index (χ4n) is 4.12. The lowest BCUT2D eigenvalue weighted by Crippen LogP contribution is -2.26. The van der Waals surface area contributed by atoms with E-state index in [0.717, 1.165) is 27.6 Å². The first-order valence-corrected chi connectivity index (χ1v) is 11.0. The van der Waals surface area contributed by atoms with Gasteiger partial charge < -0.3 is 20.8 Å². The van der Waals surface area contributed by atoms with Gasteiger partial charge in [-0.05, 0) is 48.7 Å². The van der Waals surface area contributed by atoms with Crippen LogP contribution in [0.4, 0.5) is 0 Å². The Morgan fingerprint density at radius 3 is 2.24 bits per heavy atom. The third-order valence-electron chi connectivity index (χ3n) is 5.96. The van der Waals surface area contributed by atoms with Crippen LogP contribution in [0, 0.1) is 17.7 Å². The molecule has 0 amide bonds. The van der Waals surface area contributed by atoms with Crippen LogP contribution in [0.5, 0.6) is 11.5 Å². The summed E-state index contributed by atoms with van der Waals surface area (Å²) >= 11 is 0. The number of fused-ring (bicyclic) bond motifs is 1. The average Bonchev–Trinajstić information content (AvgIpc) is 2.82. The zero-order valence-corrected chi connectivity index (χ0v) is 19.2. The van der Waals surface area contributed by atoms with E-state index < -0.39 is 0 Å². The van der Waals surface area contributed by atoms with Gasteiger partial charge in [-0.1, -0.05) is 43.3 Å². The monoisotopic (exact) mass is 453 g/mol. The highest BCUT2D eigenvalue weighted by atomic mass is 16.5. The van der Waals surface area contributed by atoms with Crippen molar-refractivity contribution < 1.29 is 4.74 Å². The number of ether oxygens (including phenoxy) is 1. The van der Waals surface area contributed by atoms with Crippen LogP contribution in [0.25, 0.3) is 10.9 Å². The lowest BCUT2D eigenvalue weighted by molar-refractivity contribution is 0.483. The van der Waals surface area contributed by atoms with Gasteiger partial charge in [-0.25, -0.2) is 0 Å². The zero-order chi connectivity index (χ0) is 24.4. The maximum absolute atomic E-state index is 13.4. The van der Waals surface area contributed by atoms with Crippen molar-refractivity contribution in [1.29, 1.82) is 10.8 Å². The van der Waals surface area contributed by atoms with E-state index in [-0.39, 0.29) is 17.2 Å². The minimum absolute atomic E-state index is 0.00778. The highest BCUT2D eigenvalue weighted by molar-refractivity contribution is 5.95. The molecule has 0 saturated heterocycles. The topological polar surface area (TPSA) is 131 Å². The van der Waals surface area contributed by atoms with Crippen LogP contribution in [0.1, 0.15) is 34.7 Å². The van der Waals surface area contributed by atoms with Crippen molar-refractivity contribution in [2.24, 2.45) is 11.5 Å². The summed E-state index contributed by atoms with van der Waals surface area (Å²) in [6.07, 6.45) is 0.639. The van der Waals surface area contributed by atoms with Crippen LogP contribution in [0.3, 0.4) is 0 Å². The molecule has 0 unspecified atom stereocenters. The summed E-state index contributed by atoms with van der Waals surface area (Å²) in [7, 11) is 0. The molecule has 0 aliphatic carbocycles. The minimum atomic E-state index is -0.0312. The third-order valence-corrected chi connectivity index (χ3v) is 5.96. The summed E-state index contributed by atoms with van der Waals surface area (Å²) in [5.41, 5.74) is 15.8. The van der Waals surface area contributed by atoms with Gasteiger partial charge in [0, 0.05) is 28.1 Å². The number of hydrogen-bond acceptors (Lipinski definition) is 4. The number of nitrogens with two attached hydrogens (primary N) is 2. The number of hydrogen-bond donors (Lipinski definition) is 4. The molecule has 34 heavy (non-hydrogen) atoms. The predicted molar refractivity (Wildman–Crippen MR) is 136 cm³/mol. The van der Waals surface area contributed by atoms with Crippen molar-refractivity contribution in [3.05, 3.63) is 105 Å². The molecular formula is C27H27N5O2. The van der Waals surface area contributed by atoms with E-state index in [1.54, 1.807) is 41.0 Å². The van der Waals surface area contributed by atoms with Crippen LogP contribution in [0.15, 0.2) is 71.5 Å². The van der Waals surface area contributed by atoms with E-state index >= 15 is 0 Å². The molecule has 3 aromatic carbocycles. The van der Waals surface area contributed by atoms with Crippen molar-refractivity contribution in [2.75, 3.05) is 0 Å². The third kappa shape index (κ3) is 4.41. The summed E-state index contributed by atoms with van der Waals surface area (Å²) in [5.74, 6) is 1.12. The Bertz CT molecular complexity index is 1470. The van der Waals surface area contributed by atoms with Gasteiger partial charge in [0.15, 0.2) is 0 Å². The van der Waals surface area contributed by atoms with E-state index in [1.165, 1.54) is 0 Å². The average molecular weight is 454 g/mol. The Hall–Kier alpha value is -4.39. The lowest BCUT2D eigenvalue weighted by Gasteiger charge is -2.17. The molecule has 0 atom stereocenters. The van der Waals surface area contributed by atoms with Gasteiger partial charge in [0.2, 0.25) is 0 Å². The van der Waals surface area contributed by atoms with Crippen molar-refractivity contribution in [3.8, 4) is 11.5 Å². The largest absolute Gasteiger partial charge is 0.457 e. The Kier molecular flexibility index (Phi) is 6.19. The molecule has 7 heteroatoms. The highest BCUT2D eigenvalue weighted by Crippen LogP contribution is 2.28. The van der Waals surface area contributed by atoms with Crippen molar-refractivity contribution in [3.63, 3.8) is 0 Å². The molecule has 0 saturated carbocycles. The number of aromatic nitrogens is 1. The standard InChI is InChI=1S/C27H27N5O2/c1-3-22-16(2)23-12-11-21(34-20-6-4-5-19(13-20)26(30)31)14-24(23)32(27(22)33)15-17-7-9-18(10-8-17)25(28)29/h4-14H,3,15H2,1-2H3,(H3,28,29)(H3,30,31). The molecule has 0 fully saturated rings. The first kappa shape index (κ1) is 22.8. The van der Waals surface area contributed by atoms with Gasteiger partial charge in [-0.3, -0.25) is 15.6 Å². The number of aryl methyl sites for hydroxylation is 1. The summed E-state index contributed by atoms with van der Waals surface area (Å²) in [6.45, 7) is 4.34. The van der Waals surface area contributed by atoms with E-state index in [9.17, 15) is 4.79 Å². The molecule has 0 spiro atoms. The van der Waals surface area contributed by atoms with Crippen LogP contribution >= 0.6 is 0 Å². The number of nitrogens with zero attached hydrogens (tertiary/aromatic N) is 1. The first-order chi connectivity index (χ1) is 16.3. The van der Waals surface area contributed by atoms with Gasteiger partial charge in [-0.2, -0.15) is 0 Å². The summed E-state index contributed by atoms with van der Waals surface area (Å²) < 4.78 is 7.82. The van der Waals surface area contributed by atoms with E-state index in [0.29, 0.717) is 35.6 Å². The smallest absolute Gasteiger partial charge is 0.254 e. The number of pyridine rings is 1.